The number of hydrogen-bond donors (Lipinski definition) is 1. The Labute approximate surface area is 223 Å². The van der Waals surface area contributed by atoms with Crippen molar-refractivity contribution in [3.8, 4) is 0 Å². The summed E-state index contributed by atoms with van der Waals surface area (Å²) in [4.78, 5) is 23.3. The highest BCUT2D eigenvalue weighted by molar-refractivity contribution is 7.89. The number of sulfonamides is 1. The van der Waals surface area contributed by atoms with Crippen LogP contribution in [0.5, 0.6) is 0 Å². The molecule has 9 nitrogen and oxygen atoms in total. The molecule has 2 fully saturated rings. The normalized spacial score (nSPS) is 19.3. The summed E-state index contributed by atoms with van der Waals surface area (Å²) in [6, 6.07) is 14.4. The van der Waals surface area contributed by atoms with Crippen molar-refractivity contribution in [2.24, 2.45) is 5.73 Å². The van der Waals surface area contributed by atoms with E-state index in [1.165, 1.54) is 46.8 Å². The van der Waals surface area contributed by atoms with Gasteiger partial charge < -0.3 is 15.5 Å². The molecule has 2 aliphatic heterocycles. The van der Waals surface area contributed by atoms with Crippen molar-refractivity contribution in [1.82, 2.24) is 14.3 Å². The predicted molar refractivity (Wildman–Crippen MR) is 139 cm³/mol. The molecule has 5 rings (SSSR count). The van der Waals surface area contributed by atoms with E-state index in [-0.39, 0.29) is 66.1 Å². The number of nitrogens with zero attached hydrogens (tertiary/aromatic N) is 5. The molecule has 0 aliphatic carbocycles. The fraction of sp³-hybridized carbons (Fsp3) is 0.320. The van der Waals surface area contributed by atoms with E-state index in [0.717, 1.165) is 0 Å². The van der Waals surface area contributed by atoms with Gasteiger partial charge in [0.2, 0.25) is 21.2 Å². The molecule has 3 heterocycles. The van der Waals surface area contributed by atoms with Crippen LogP contribution in [0.25, 0.3) is 0 Å². The summed E-state index contributed by atoms with van der Waals surface area (Å²) in [5.41, 5.74) is 5.68. The largest absolute Gasteiger partial charge is 0.354 e. The Morgan fingerprint density at radius 2 is 1.63 bits per heavy atom. The van der Waals surface area contributed by atoms with Gasteiger partial charge in [0.25, 0.3) is 0 Å². The van der Waals surface area contributed by atoms with Crippen LogP contribution in [0.3, 0.4) is 0 Å². The molecule has 2 aliphatic rings. The second kappa shape index (κ2) is 10.2. The first-order valence-electron chi connectivity index (χ1n) is 12.0. The van der Waals surface area contributed by atoms with E-state index in [1.807, 2.05) is 0 Å². The summed E-state index contributed by atoms with van der Waals surface area (Å²) < 4.78 is 58.0. The number of alkyl halides is 2. The van der Waals surface area contributed by atoms with Gasteiger partial charge in [-0.05, 0) is 35.9 Å². The maximum atomic E-state index is 15.1. The Morgan fingerprint density at radius 1 is 0.974 bits per heavy atom. The van der Waals surface area contributed by atoms with Gasteiger partial charge in [0, 0.05) is 62.5 Å². The highest BCUT2D eigenvalue weighted by Crippen LogP contribution is 2.36. The fourth-order valence-corrected chi connectivity index (χ4v) is 6.21. The molecule has 1 amide bonds. The zero-order valence-corrected chi connectivity index (χ0v) is 21.7. The molecule has 2 aromatic carbocycles. The van der Waals surface area contributed by atoms with Crippen LogP contribution in [0.15, 0.2) is 65.6 Å². The van der Waals surface area contributed by atoms with Gasteiger partial charge in [-0.1, -0.05) is 30.3 Å². The van der Waals surface area contributed by atoms with Crippen molar-refractivity contribution in [1.29, 1.82) is 0 Å². The molecule has 2 saturated heterocycles. The number of halogens is 3. The van der Waals surface area contributed by atoms with Crippen molar-refractivity contribution in [2.75, 3.05) is 42.5 Å². The minimum Gasteiger partial charge on any atom is -0.354 e. The maximum Gasteiger partial charge on any atom is 0.315 e. The average Bonchev–Trinajstić information content (AvgIpc) is 3.26. The first-order chi connectivity index (χ1) is 18.1. The average molecular weight is 563 g/mol. The molecule has 200 valence electrons. The Hall–Kier alpha value is -3.19. The third kappa shape index (κ3) is 5.08. The van der Waals surface area contributed by atoms with Crippen LogP contribution in [-0.4, -0.2) is 67.4 Å². The highest BCUT2D eigenvalue weighted by atomic mass is 35.5. The summed E-state index contributed by atoms with van der Waals surface area (Å²) in [6.45, 7) is 1.08. The predicted octanol–water partition coefficient (Wildman–Crippen LogP) is 2.85. The van der Waals surface area contributed by atoms with Gasteiger partial charge in [0.1, 0.15) is 11.5 Å². The number of amides is 1. The number of carbonyl (C=O) groups is 1. The smallest absolute Gasteiger partial charge is 0.315 e. The summed E-state index contributed by atoms with van der Waals surface area (Å²) in [7, 11) is -3.81. The number of hydrogen-bond acceptors (Lipinski definition) is 7. The van der Waals surface area contributed by atoms with Gasteiger partial charge in [-0.25, -0.2) is 18.4 Å². The zero-order valence-electron chi connectivity index (χ0n) is 20.2. The third-order valence-electron chi connectivity index (χ3n) is 6.65. The summed E-state index contributed by atoms with van der Waals surface area (Å²) >= 11 is 6.00. The van der Waals surface area contributed by atoms with Crippen molar-refractivity contribution in [3.05, 3.63) is 77.2 Å². The molecule has 2 N–H and O–H groups in total. The van der Waals surface area contributed by atoms with Crippen molar-refractivity contribution < 1.29 is 22.0 Å². The van der Waals surface area contributed by atoms with Gasteiger partial charge in [-0.2, -0.15) is 13.1 Å². The van der Waals surface area contributed by atoms with Gasteiger partial charge >= 0.3 is 5.92 Å². The van der Waals surface area contributed by atoms with Crippen LogP contribution >= 0.6 is 11.6 Å². The van der Waals surface area contributed by atoms with Gasteiger partial charge in [-0.3, -0.25) is 4.79 Å². The molecule has 0 saturated carbocycles. The minimum absolute atomic E-state index is 0.0977. The third-order valence-corrected chi connectivity index (χ3v) is 8.73. The Balaban J connectivity index is 1.29. The topological polar surface area (TPSA) is 113 Å². The number of aromatic nitrogens is 2. The van der Waals surface area contributed by atoms with Crippen molar-refractivity contribution in [3.63, 3.8) is 0 Å². The summed E-state index contributed by atoms with van der Waals surface area (Å²) in [6.07, 6.45) is 0.257. The van der Waals surface area contributed by atoms with E-state index in [2.05, 4.69) is 9.97 Å². The van der Waals surface area contributed by atoms with Crippen LogP contribution in [-0.2, 0) is 20.7 Å². The fourth-order valence-electron chi connectivity index (χ4n) is 4.61. The van der Waals surface area contributed by atoms with Crippen LogP contribution in [0.2, 0.25) is 5.28 Å². The number of anilines is 2. The van der Waals surface area contributed by atoms with E-state index in [9.17, 15) is 13.2 Å². The van der Waals surface area contributed by atoms with Crippen LogP contribution in [0, 0.1) is 0 Å². The quantitative estimate of drug-likeness (QED) is 0.460. The number of nitrogens with two attached hydrogens (primary N) is 1. The molecule has 13 heteroatoms. The van der Waals surface area contributed by atoms with Crippen LogP contribution < -0.4 is 15.5 Å². The zero-order chi connectivity index (χ0) is 27.1. The maximum absolute atomic E-state index is 15.1. The first-order valence-corrected chi connectivity index (χ1v) is 13.8. The van der Waals surface area contributed by atoms with E-state index < -0.39 is 21.6 Å². The molecule has 0 spiro atoms. The Morgan fingerprint density at radius 3 is 2.24 bits per heavy atom. The van der Waals surface area contributed by atoms with Gasteiger partial charge in [0.05, 0.1) is 4.90 Å². The summed E-state index contributed by atoms with van der Waals surface area (Å²) in [5.74, 6) is -3.28. The van der Waals surface area contributed by atoms with E-state index in [4.69, 9.17) is 17.3 Å². The second-order valence-electron chi connectivity index (χ2n) is 9.17. The van der Waals surface area contributed by atoms with Crippen molar-refractivity contribution in [2.45, 2.75) is 23.3 Å². The number of benzene rings is 2. The van der Waals surface area contributed by atoms with E-state index in [0.29, 0.717) is 12.2 Å². The summed E-state index contributed by atoms with van der Waals surface area (Å²) in [5, 5.41) is -0.319. The molecule has 0 radical (unpaired) electrons. The molecule has 1 unspecified atom stereocenters. The van der Waals surface area contributed by atoms with Gasteiger partial charge in [-0.15, -0.1) is 0 Å². The molecule has 0 bridgehead atoms. The first kappa shape index (κ1) is 26.4. The molecular formula is C25H25ClF2N6O3S. The monoisotopic (exact) mass is 562 g/mol. The minimum atomic E-state index is -3.81. The standard InChI is InChI=1S/C25H25ClF2N6O3S/c26-24-30-21(25(27,28)17-4-2-1-3-5-17)15-22(31-24)32-10-12-33(13-11-32)38(36,37)20-8-6-19(7-9-20)34-16-18(29)14-23(34)35/h1-9,15,18H,10-14,16,29H2. The number of piperazine rings is 1. The molecule has 38 heavy (non-hydrogen) atoms. The van der Waals surface area contributed by atoms with Gasteiger partial charge in [0.15, 0.2) is 0 Å². The SMILES string of the molecule is NC1CC(=O)N(c2ccc(S(=O)(=O)N3CCN(c4cc(C(F)(F)c5ccccc5)nc(Cl)n4)CC3)cc2)C1. The lowest BCUT2D eigenvalue weighted by atomic mass is 10.1. The van der Waals surface area contributed by atoms with E-state index in [1.54, 1.807) is 28.0 Å². The second-order valence-corrected chi connectivity index (χ2v) is 11.5. The van der Waals surface area contributed by atoms with Crippen molar-refractivity contribution >= 4 is 39.0 Å². The lowest BCUT2D eigenvalue weighted by Crippen LogP contribution is -2.49. The highest BCUT2D eigenvalue weighted by Gasteiger charge is 2.37. The number of carbonyl (C=O) groups excluding carboxylic acids is 1. The van der Waals surface area contributed by atoms with E-state index >= 15 is 8.78 Å². The lowest BCUT2D eigenvalue weighted by Gasteiger charge is -2.35. The molecule has 1 atom stereocenters. The molecule has 1 aromatic heterocycles. The molecule has 3 aromatic rings. The van der Waals surface area contributed by atoms with Crippen LogP contribution in [0.4, 0.5) is 20.3 Å². The lowest BCUT2D eigenvalue weighted by molar-refractivity contribution is -0.117. The number of rotatable bonds is 6. The molecular weight excluding hydrogens is 538 g/mol. The Bertz CT molecular complexity index is 1440. The Kier molecular flexibility index (Phi) is 7.07. The van der Waals surface area contributed by atoms with Crippen LogP contribution in [0.1, 0.15) is 17.7 Å².